The van der Waals surface area contributed by atoms with Crippen LogP contribution in [-0.4, -0.2) is 31.1 Å². The summed E-state index contributed by atoms with van der Waals surface area (Å²) in [5.74, 6) is -0.827. The Morgan fingerprint density at radius 1 is 1.24 bits per heavy atom. The Hall–Kier alpha value is -1.88. The molecule has 0 saturated heterocycles. The zero-order valence-corrected chi connectivity index (χ0v) is 12.8. The molecule has 2 atom stereocenters. The first-order valence-corrected chi connectivity index (χ1v) is 7.13. The van der Waals surface area contributed by atoms with Crippen molar-refractivity contribution < 1.29 is 14.3 Å². The molecule has 5 heteroatoms. The fourth-order valence-electron chi connectivity index (χ4n) is 1.98. The SMILES string of the molecule is COC(=O)[C@@H](NC(=O)C(N)CCc1ccccc1)C(C)C. The van der Waals surface area contributed by atoms with E-state index in [9.17, 15) is 9.59 Å². The van der Waals surface area contributed by atoms with Gasteiger partial charge in [-0.15, -0.1) is 0 Å². The fourth-order valence-corrected chi connectivity index (χ4v) is 1.98. The van der Waals surface area contributed by atoms with Crippen LogP contribution >= 0.6 is 0 Å². The van der Waals surface area contributed by atoms with Crippen LogP contribution in [0.15, 0.2) is 30.3 Å². The standard InChI is InChI=1S/C16H24N2O3/c1-11(2)14(16(20)21-3)18-15(19)13(17)10-9-12-7-5-4-6-8-12/h4-8,11,13-14H,9-10,17H2,1-3H3,(H,18,19)/t13?,14-/m0/s1. The number of aryl methyl sites for hydroxylation is 1. The lowest BCUT2D eigenvalue weighted by Crippen LogP contribution is -2.51. The van der Waals surface area contributed by atoms with Crippen LogP contribution < -0.4 is 11.1 Å². The highest BCUT2D eigenvalue weighted by molar-refractivity contribution is 5.87. The molecule has 0 radical (unpaired) electrons. The van der Waals surface area contributed by atoms with E-state index in [0.717, 1.165) is 12.0 Å². The molecule has 0 fully saturated rings. The third-order valence-corrected chi connectivity index (χ3v) is 3.34. The van der Waals surface area contributed by atoms with Gasteiger partial charge < -0.3 is 15.8 Å². The number of nitrogens with one attached hydrogen (secondary N) is 1. The highest BCUT2D eigenvalue weighted by Gasteiger charge is 2.26. The molecule has 0 aliphatic heterocycles. The lowest BCUT2D eigenvalue weighted by atomic mass is 10.0. The quantitative estimate of drug-likeness (QED) is 0.741. The molecule has 116 valence electrons. The summed E-state index contributed by atoms with van der Waals surface area (Å²) in [5.41, 5.74) is 7.02. The maximum absolute atomic E-state index is 12.1. The molecule has 0 aromatic heterocycles. The Morgan fingerprint density at radius 3 is 2.38 bits per heavy atom. The molecule has 1 unspecified atom stereocenters. The molecule has 0 spiro atoms. The van der Waals surface area contributed by atoms with Crippen LogP contribution in [0.3, 0.4) is 0 Å². The predicted octanol–water partition coefficient (Wildman–Crippen LogP) is 1.26. The number of benzene rings is 1. The monoisotopic (exact) mass is 292 g/mol. The van der Waals surface area contributed by atoms with Gasteiger partial charge in [0.1, 0.15) is 6.04 Å². The molecule has 5 nitrogen and oxygen atoms in total. The van der Waals surface area contributed by atoms with Gasteiger partial charge in [-0.3, -0.25) is 4.79 Å². The lowest BCUT2D eigenvalue weighted by Gasteiger charge is -2.22. The summed E-state index contributed by atoms with van der Waals surface area (Å²) in [5, 5.41) is 2.66. The van der Waals surface area contributed by atoms with Crippen molar-refractivity contribution in [1.29, 1.82) is 0 Å². The zero-order valence-electron chi connectivity index (χ0n) is 12.8. The number of carbonyl (C=O) groups excluding carboxylic acids is 2. The van der Waals surface area contributed by atoms with E-state index in [-0.39, 0.29) is 11.8 Å². The maximum Gasteiger partial charge on any atom is 0.328 e. The Balaban J connectivity index is 2.51. The van der Waals surface area contributed by atoms with Crippen molar-refractivity contribution in [2.45, 2.75) is 38.8 Å². The van der Waals surface area contributed by atoms with Crippen LogP contribution in [0.2, 0.25) is 0 Å². The van der Waals surface area contributed by atoms with Gasteiger partial charge in [-0.25, -0.2) is 4.79 Å². The molecule has 1 rings (SSSR count). The van der Waals surface area contributed by atoms with Gasteiger partial charge in [-0.05, 0) is 24.3 Å². The molecule has 1 amide bonds. The highest BCUT2D eigenvalue weighted by atomic mass is 16.5. The van der Waals surface area contributed by atoms with Gasteiger partial charge in [0.25, 0.3) is 0 Å². The van der Waals surface area contributed by atoms with E-state index in [1.807, 2.05) is 44.2 Å². The van der Waals surface area contributed by atoms with E-state index in [1.54, 1.807) is 0 Å². The summed E-state index contributed by atoms with van der Waals surface area (Å²) < 4.78 is 4.69. The van der Waals surface area contributed by atoms with Crippen LogP contribution in [0.5, 0.6) is 0 Å². The molecule has 0 aliphatic carbocycles. The summed E-state index contributed by atoms with van der Waals surface area (Å²) in [6, 6.07) is 8.53. The van der Waals surface area contributed by atoms with Gasteiger partial charge in [0.05, 0.1) is 13.2 Å². The third kappa shape index (κ3) is 5.55. The van der Waals surface area contributed by atoms with Crippen LogP contribution in [0.4, 0.5) is 0 Å². The first kappa shape index (κ1) is 17.2. The van der Waals surface area contributed by atoms with Crippen molar-refractivity contribution >= 4 is 11.9 Å². The number of nitrogens with two attached hydrogens (primary N) is 1. The minimum absolute atomic E-state index is 0.0530. The van der Waals surface area contributed by atoms with Crippen molar-refractivity contribution in [3.8, 4) is 0 Å². The second-order valence-electron chi connectivity index (χ2n) is 5.38. The Labute approximate surface area is 125 Å². The number of hydrogen-bond donors (Lipinski definition) is 2. The predicted molar refractivity (Wildman–Crippen MR) is 81.5 cm³/mol. The number of amides is 1. The van der Waals surface area contributed by atoms with Gasteiger partial charge in [0.15, 0.2) is 0 Å². The van der Waals surface area contributed by atoms with E-state index in [1.165, 1.54) is 7.11 Å². The summed E-state index contributed by atoms with van der Waals surface area (Å²) in [4.78, 5) is 23.7. The number of ether oxygens (including phenoxy) is 1. The summed E-state index contributed by atoms with van der Waals surface area (Å²) in [7, 11) is 1.30. The van der Waals surface area contributed by atoms with Crippen LogP contribution in [0, 0.1) is 5.92 Å². The molecule has 0 aliphatic rings. The smallest absolute Gasteiger partial charge is 0.328 e. The molecule has 0 heterocycles. The van der Waals surface area contributed by atoms with Crippen molar-refractivity contribution in [2.75, 3.05) is 7.11 Å². The third-order valence-electron chi connectivity index (χ3n) is 3.34. The molecule has 0 bridgehead atoms. The van der Waals surface area contributed by atoms with Crippen molar-refractivity contribution in [3.05, 3.63) is 35.9 Å². The number of carbonyl (C=O) groups is 2. The van der Waals surface area contributed by atoms with Crippen LogP contribution in [0.1, 0.15) is 25.8 Å². The van der Waals surface area contributed by atoms with Crippen molar-refractivity contribution in [2.24, 2.45) is 11.7 Å². The van der Waals surface area contributed by atoms with E-state index < -0.39 is 18.1 Å². The Bertz CT molecular complexity index is 460. The largest absolute Gasteiger partial charge is 0.467 e. The van der Waals surface area contributed by atoms with E-state index >= 15 is 0 Å². The second kappa shape index (κ2) is 8.42. The highest BCUT2D eigenvalue weighted by Crippen LogP contribution is 2.07. The number of methoxy groups -OCH3 is 1. The van der Waals surface area contributed by atoms with Gasteiger partial charge >= 0.3 is 5.97 Å². The minimum Gasteiger partial charge on any atom is -0.467 e. The normalized spacial score (nSPS) is 13.6. The molecule has 0 saturated carbocycles. The van der Waals surface area contributed by atoms with Gasteiger partial charge in [-0.2, -0.15) is 0 Å². The lowest BCUT2D eigenvalue weighted by molar-refractivity contribution is -0.146. The molecule has 1 aromatic rings. The fraction of sp³-hybridized carbons (Fsp3) is 0.500. The van der Waals surface area contributed by atoms with E-state index in [0.29, 0.717) is 6.42 Å². The average Bonchev–Trinajstić information content (AvgIpc) is 2.49. The van der Waals surface area contributed by atoms with E-state index in [4.69, 9.17) is 5.73 Å². The topological polar surface area (TPSA) is 81.4 Å². The minimum atomic E-state index is -0.662. The summed E-state index contributed by atoms with van der Waals surface area (Å²) >= 11 is 0. The first-order chi connectivity index (χ1) is 9.95. The summed E-state index contributed by atoms with van der Waals surface area (Å²) in [6.07, 6.45) is 1.25. The van der Waals surface area contributed by atoms with Crippen LogP contribution in [0.25, 0.3) is 0 Å². The molecular formula is C16H24N2O3. The first-order valence-electron chi connectivity index (χ1n) is 7.13. The maximum atomic E-state index is 12.1. The second-order valence-corrected chi connectivity index (χ2v) is 5.38. The van der Waals surface area contributed by atoms with Gasteiger partial charge in [0.2, 0.25) is 5.91 Å². The molecule has 21 heavy (non-hydrogen) atoms. The molecular weight excluding hydrogens is 268 g/mol. The van der Waals surface area contributed by atoms with Crippen LogP contribution in [-0.2, 0) is 20.7 Å². The molecule has 1 aromatic carbocycles. The number of esters is 1. The Kier molecular flexibility index (Phi) is 6.88. The van der Waals surface area contributed by atoms with Gasteiger partial charge in [0, 0.05) is 0 Å². The van der Waals surface area contributed by atoms with E-state index in [2.05, 4.69) is 10.1 Å². The van der Waals surface area contributed by atoms with Crippen molar-refractivity contribution in [1.82, 2.24) is 5.32 Å². The Morgan fingerprint density at radius 2 is 1.86 bits per heavy atom. The van der Waals surface area contributed by atoms with Crippen molar-refractivity contribution in [3.63, 3.8) is 0 Å². The zero-order chi connectivity index (χ0) is 15.8. The molecule has 3 N–H and O–H groups in total. The van der Waals surface area contributed by atoms with Gasteiger partial charge in [-0.1, -0.05) is 44.2 Å². The summed E-state index contributed by atoms with van der Waals surface area (Å²) in [6.45, 7) is 3.69. The number of rotatable bonds is 7. The number of hydrogen-bond acceptors (Lipinski definition) is 4. The average molecular weight is 292 g/mol.